The second-order valence-electron chi connectivity index (χ2n) is 11.4. The van der Waals surface area contributed by atoms with Crippen LogP contribution in [0, 0.1) is 6.92 Å². The highest BCUT2D eigenvalue weighted by molar-refractivity contribution is 7.92. The molecular formula is C37H42ClN3O5S. The number of aryl methyl sites for hydroxylation is 1. The number of hydrogen-bond donors (Lipinski definition) is 1. The minimum atomic E-state index is -4.25. The Morgan fingerprint density at radius 1 is 0.872 bits per heavy atom. The molecule has 0 aromatic heterocycles. The van der Waals surface area contributed by atoms with E-state index in [1.807, 2.05) is 82.3 Å². The molecule has 4 rings (SSSR count). The normalized spacial score (nSPS) is 12.5. The average molecular weight is 676 g/mol. The zero-order valence-corrected chi connectivity index (χ0v) is 28.8. The number of sulfonamides is 1. The van der Waals surface area contributed by atoms with Crippen molar-refractivity contribution in [3.8, 4) is 5.75 Å². The van der Waals surface area contributed by atoms with E-state index in [-0.39, 0.29) is 35.5 Å². The first kappa shape index (κ1) is 35.5. The summed E-state index contributed by atoms with van der Waals surface area (Å²) in [5.41, 5.74) is 2.94. The molecule has 10 heteroatoms. The fraction of sp³-hybridized carbons (Fsp3) is 0.297. The zero-order chi connectivity index (χ0) is 34.0. The van der Waals surface area contributed by atoms with Crippen molar-refractivity contribution in [1.82, 2.24) is 10.2 Å². The van der Waals surface area contributed by atoms with E-state index in [2.05, 4.69) is 5.32 Å². The van der Waals surface area contributed by atoms with Gasteiger partial charge >= 0.3 is 0 Å². The summed E-state index contributed by atoms with van der Waals surface area (Å²) >= 11 is 6.08. The minimum absolute atomic E-state index is 0.0237. The van der Waals surface area contributed by atoms with Crippen molar-refractivity contribution < 1.29 is 22.7 Å². The monoisotopic (exact) mass is 675 g/mol. The number of nitrogens with one attached hydrogen (secondary N) is 1. The van der Waals surface area contributed by atoms with Crippen molar-refractivity contribution in [2.45, 2.75) is 64.1 Å². The first-order valence-corrected chi connectivity index (χ1v) is 17.5. The predicted octanol–water partition coefficient (Wildman–Crippen LogP) is 6.80. The van der Waals surface area contributed by atoms with Gasteiger partial charge in [-0.05, 0) is 92.4 Å². The second kappa shape index (κ2) is 16.5. The molecule has 0 spiro atoms. The number of anilines is 1. The minimum Gasteiger partial charge on any atom is -0.494 e. The number of carbonyl (C=O) groups excluding carboxylic acids is 2. The second-order valence-corrected chi connectivity index (χ2v) is 13.7. The quantitative estimate of drug-likeness (QED) is 0.150. The summed E-state index contributed by atoms with van der Waals surface area (Å²) < 4.78 is 35.1. The number of benzene rings is 4. The van der Waals surface area contributed by atoms with Gasteiger partial charge in [0.05, 0.1) is 17.2 Å². The van der Waals surface area contributed by atoms with Gasteiger partial charge in [-0.2, -0.15) is 0 Å². The van der Waals surface area contributed by atoms with Crippen molar-refractivity contribution >= 4 is 39.1 Å². The van der Waals surface area contributed by atoms with E-state index in [9.17, 15) is 18.0 Å². The first-order valence-electron chi connectivity index (χ1n) is 15.7. The number of amides is 2. The Morgan fingerprint density at radius 3 is 2.13 bits per heavy atom. The number of rotatable bonds is 15. The SMILES string of the molecule is CCOc1ccc(N(CC(=O)N(Cc2ccccc2C)[C@H](Cc2ccccc2)C(=O)N[C@H](C)CC)S(=O)(=O)c2ccc(Cl)cc2)cc1. The van der Waals surface area contributed by atoms with E-state index in [0.717, 1.165) is 21.0 Å². The summed E-state index contributed by atoms with van der Waals surface area (Å²) in [4.78, 5) is 30.1. The average Bonchev–Trinajstić information content (AvgIpc) is 3.07. The molecule has 0 aliphatic carbocycles. The molecule has 0 saturated heterocycles. The molecule has 4 aromatic rings. The van der Waals surface area contributed by atoms with Crippen molar-refractivity contribution in [3.63, 3.8) is 0 Å². The van der Waals surface area contributed by atoms with Crippen LogP contribution in [0.1, 0.15) is 43.9 Å². The largest absolute Gasteiger partial charge is 0.494 e. The van der Waals surface area contributed by atoms with Crippen LogP contribution in [0.25, 0.3) is 0 Å². The Balaban J connectivity index is 1.81. The van der Waals surface area contributed by atoms with Crippen molar-refractivity contribution in [2.75, 3.05) is 17.5 Å². The van der Waals surface area contributed by atoms with Gasteiger partial charge < -0.3 is 15.0 Å². The fourth-order valence-electron chi connectivity index (χ4n) is 5.10. The smallest absolute Gasteiger partial charge is 0.264 e. The molecule has 4 aromatic carbocycles. The van der Waals surface area contributed by atoms with Gasteiger partial charge in [-0.25, -0.2) is 8.42 Å². The van der Waals surface area contributed by atoms with Crippen LogP contribution < -0.4 is 14.4 Å². The molecule has 0 bridgehead atoms. The van der Waals surface area contributed by atoms with Crippen LogP contribution in [-0.4, -0.2) is 50.4 Å². The summed E-state index contributed by atoms with van der Waals surface area (Å²) in [7, 11) is -4.25. The molecule has 0 heterocycles. The van der Waals surface area contributed by atoms with Crippen LogP contribution in [0.2, 0.25) is 5.02 Å². The molecule has 0 radical (unpaired) electrons. The van der Waals surface area contributed by atoms with E-state index in [0.29, 0.717) is 23.8 Å². The van der Waals surface area contributed by atoms with E-state index in [1.54, 1.807) is 24.3 Å². The first-order chi connectivity index (χ1) is 22.5. The summed E-state index contributed by atoms with van der Waals surface area (Å²) in [6, 6.07) is 28.4. The predicted molar refractivity (Wildman–Crippen MR) is 187 cm³/mol. The van der Waals surface area contributed by atoms with Crippen molar-refractivity contribution in [2.24, 2.45) is 0 Å². The Labute approximate surface area is 283 Å². The maximum Gasteiger partial charge on any atom is 0.264 e. The summed E-state index contributed by atoms with van der Waals surface area (Å²) in [5.74, 6) is -0.268. The van der Waals surface area contributed by atoms with Crippen LogP contribution in [0.5, 0.6) is 5.75 Å². The summed E-state index contributed by atoms with van der Waals surface area (Å²) in [6.45, 7) is 7.69. The van der Waals surface area contributed by atoms with Gasteiger partial charge in [0.2, 0.25) is 11.8 Å². The molecule has 0 unspecified atom stereocenters. The highest BCUT2D eigenvalue weighted by Gasteiger charge is 2.35. The molecular weight excluding hydrogens is 634 g/mol. The summed E-state index contributed by atoms with van der Waals surface area (Å²) in [6.07, 6.45) is 0.952. The third-order valence-electron chi connectivity index (χ3n) is 7.99. The highest BCUT2D eigenvalue weighted by atomic mass is 35.5. The Morgan fingerprint density at radius 2 is 1.51 bits per heavy atom. The van der Waals surface area contributed by atoms with Crippen LogP contribution in [0.3, 0.4) is 0 Å². The third kappa shape index (κ3) is 9.36. The fourth-order valence-corrected chi connectivity index (χ4v) is 6.64. The Hall–Kier alpha value is -4.34. The van der Waals surface area contributed by atoms with E-state index >= 15 is 0 Å². The molecule has 0 aliphatic heterocycles. The standard InChI is InChI=1S/C37H42ClN3O5S/c1-5-28(4)39-37(43)35(24-29-13-8-7-9-14-29)40(25-30-15-11-10-12-27(30)3)36(42)26-41(32-18-20-33(21-19-32)46-6-2)47(44,45)34-22-16-31(38)17-23-34/h7-23,28,35H,5-6,24-26H2,1-4H3,(H,39,43)/t28-,35-/m1/s1. The van der Waals surface area contributed by atoms with Crippen LogP contribution in [0.4, 0.5) is 5.69 Å². The Kier molecular flexibility index (Phi) is 12.4. The lowest BCUT2D eigenvalue weighted by molar-refractivity contribution is -0.140. The van der Waals surface area contributed by atoms with Crippen molar-refractivity contribution in [3.05, 3.63) is 125 Å². The summed E-state index contributed by atoms with van der Waals surface area (Å²) in [5, 5.41) is 3.44. The van der Waals surface area contributed by atoms with Gasteiger partial charge in [-0.3, -0.25) is 13.9 Å². The molecule has 0 fully saturated rings. The van der Waals surface area contributed by atoms with Gasteiger partial charge in [0.1, 0.15) is 18.3 Å². The lowest BCUT2D eigenvalue weighted by atomic mass is 10.0. The molecule has 1 N–H and O–H groups in total. The van der Waals surface area contributed by atoms with Crippen LogP contribution >= 0.6 is 11.6 Å². The highest BCUT2D eigenvalue weighted by Crippen LogP contribution is 2.28. The van der Waals surface area contributed by atoms with Gasteiger partial charge in [0.15, 0.2) is 0 Å². The number of carbonyl (C=O) groups is 2. The third-order valence-corrected chi connectivity index (χ3v) is 10.0. The molecule has 0 aliphatic rings. The molecule has 2 atom stereocenters. The zero-order valence-electron chi connectivity index (χ0n) is 27.2. The number of nitrogens with zero attached hydrogens (tertiary/aromatic N) is 2. The van der Waals surface area contributed by atoms with Crippen LogP contribution in [0.15, 0.2) is 108 Å². The molecule has 8 nitrogen and oxygen atoms in total. The number of hydrogen-bond acceptors (Lipinski definition) is 5. The van der Waals surface area contributed by atoms with Crippen LogP contribution in [-0.2, 0) is 32.6 Å². The van der Waals surface area contributed by atoms with Gasteiger partial charge in [0.25, 0.3) is 10.0 Å². The van der Waals surface area contributed by atoms with E-state index < -0.39 is 28.5 Å². The van der Waals surface area contributed by atoms with E-state index in [4.69, 9.17) is 16.3 Å². The molecule has 47 heavy (non-hydrogen) atoms. The Bertz CT molecular complexity index is 1730. The van der Waals surface area contributed by atoms with Crippen molar-refractivity contribution in [1.29, 1.82) is 0 Å². The van der Waals surface area contributed by atoms with Gasteiger partial charge in [-0.15, -0.1) is 0 Å². The van der Waals surface area contributed by atoms with E-state index in [1.165, 1.54) is 29.2 Å². The number of ether oxygens (including phenoxy) is 1. The van der Waals surface area contributed by atoms with Gasteiger partial charge in [-0.1, -0.05) is 73.1 Å². The lowest BCUT2D eigenvalue weighted by Crippen LogP contribution is -2.54. The maximum atomic E-state index is 14.6. The molecule has 248 valence electrons. The molecule has 2 amide bonds. The maximum absolute atomic E-state index is 14.6. The topological polar surface area (TPSA) is 96.0 Å². The van der Waals surface area contributed by atoms with Gasteiger partial charge in [0, 0.05) is 24.0 Å². The number of halogens is 1. The lowest BCUT2D eigenvalue weighted by Gasteiger charge is -2.34. The molecule has 0 saturated carbocycles.